The Bertz CT molecular complexity index is 1090. The van der Waals surface area contributed by atoms with Crippen molar-refractivity contribution in [2.75, 3.05) is 10.6 Å². The zero-order valence-corrected chi connectivity index (χ0v) is 18.8. The minimum absolute atomic E-state index is 0.183. The third-order valence-corrected chi connectivity index (χ3v) is 6.29. The van der Waals surface area contributed by atoms with E-state index in [-0.39, 0.29) is 11.8 Å². The van der Waals surface area contributed by atoms with Crippen LogP contribution in [0.3, 0.4) is 0 Å². The van der Waals surface area contributed by atoms with Gasteiger partial charge >= 0.3 is 0 Å². The van der Waals surface area contributed by atoms with Crippen molar-refractivity contribution in [3.05, 3.63) is 94.5 Å². The molecule has 164 valence electrons. The molecule has 0 aliphatic heterocycles. The largest absolute Gasteiger partial charge is 0.322 e. The van der Waals surface area contributed by atoms with Gasteiger partial charge in [0.2, 0.25) is 0 Å². The van der Waals surface area contributed by atoms with E-state index in [0.29, 0.717) is 22.7 Å². The molecule has 0 unspecified atom stereocenters. The summed E-state index contributed by atoms with van der Waals surface area (Å²) in [4.78, 5) is 25.4. The first-order valence-corrected chi connectivity index (χ1v) is 11.4. The van der Waals surface area contributed by atoms with Gasteiger partial charge in [-0.1, -0.05) is 55.7 Å². The topological polar surface area (TPSA) is 58.2 Å². The average molecular weight is 427 g/mol. The second kappa shape index (κ2) is 9.82. The van der Waals surface area contributed by atoms with Gasteiger partial charge < -0.3 is 10.6 Å². The third-order valence-electron chi connectivity index (χ3n) is 6.29. The first-order chi connectivity index (χ1) is 15.5. The van der Waals surface area contributed by atoms with Crippen molar-refractivity contribution < 1.29 is 9.59 Å². The van der Waals surface area contributed by atoms with E-state index in [9.17, 15) is 9.59 Å². The van der Waals surface area contributed by atoms with Crippen LogP contribution < -0.4 is 10.6 Å². The Kier molecular flexibility index (Phi) is 6.69. The molecule has 0 atom stereocenters. The van der Waals surface area contributed by atoms with Gasteiger partial charge in [0.25, 0.3) is 11.8 Å². The van der Waals surface area contributed by atoms with Crippen LogP contribution in [0.25, 0.3) is 0 Å². The molecule has 2 amide bonds. The second-order valence-corrected chi connectivity index (χ2v) is 8.72. The van der Waals surface area contributed by atoms with Crippen LogP contribution >= 0.6 is 0 Å². The summed E-state index contributed by atoms with van der Waals surface area (Å²) in [5, 5.41) is 5.95. The lowest BCUT2D eigenvalue weighted by molar-refractivity contribution is 0.101. The van der Waals surface area contributed by atoms with E-state index in [1.54, 1.807) is 36.4 Å². The van der Waals surface area contributed by atoms with Crippen LogP contribution in [0, 0.1) is 13.8 Å². The number of hydrogen-bond donors (Lipinski definition) is 2. The second-order valence-electron chi connectivity index (χ2n) is 8.72. The maximum atomic E-state index is 13.0. The minimum atomic E-state index is -0.201. The molecule has 3 aromatic carbocycles. The molecule has 3 aromatic rings. The van der Waals surface area contributed by atoms with Crippen molar-refractivity contribution in [2.45, 2.75) is 51.9 Å². The molecule has 0 radical (unpaired) electrons. The summed E-state index contributed by atoms with van der Waals surface area (Å²) in [5.41, 5.74) is 6.11. The number of rotatable bonds is 5. The monoisotopic (exact) mass is 426 g/mol. The van der Waals surface area contributed by atoms with Gasteiger partial charge in [-0.05, 0) is 79.6 Å². The van der Waals surface area contributed by atoms with Gasteiger partial charge in [0.1, 0.15) is 0 Å². The summed E-state index contributed by atoms with van der Waals surface area (Å²) in [6.45, 7) is 4.12. The van der Waals surface area contributed by atoms with Crippen molar-refractivity contribution in [1.82, 2.24) is 0 Å². The number of amides is 2. The van der Waals surface area contributed by atoms with Crippen molar-refractivity contribution in [3.63, 3.8) is 0 Å². The number of carbonyl (C=O) groups excluding carboxylic acids is 2. The van der Waals surface area contributed by atoms with Crippen molar-refractivity contribution >= 4 is 23.2 Å². The number of hydrogen-bond acceptors (Lipinski definition) is 2. The molecule has 4 rings (SSSR count). The SMILES string of the molecule is Cc1cc(C2CCCCC2)cc(C)c1NC(=O)c1cccc(NC(=O)c2ccccc2)c1. The minimum Gasteiger partial charge on any atom is -0.322 e. The highest BCUT2D eigenvalue weighted by molar-refractivity contribution is 6.07. The Balaban J connectivity index is 1.48. The van der Waals surface area contributed by atoms with Gasteiger partial charge in [-0.25, -0.2) is 0 Å². The fraction of sp³-hybridized carbons (Fsp3) is 0.286. The van der Waals surface area contributed by atoms with E-state index in [1.807, 2.05) is 18.2 Å². The highest BCUT2D eigenvalue weighted by atomic mass is 16.2. The molecule has 0 heterocycles. The predicted octanol–water partition coefficient (Wildman–Crippen LogP) is 6.86. The molecule has 1 aliphatic carbocycles. The third kappa shape index (κ3) is 5.08. The number of anilines is 2. The maximum Gasteiger partial charge on any atom is 0.255 e. The number of benzene rings is 3. The lowest BCUT2D eigenvalue weighted by Gasteiger charge is -2.24. The Morgan fingerprint density at radius 3 is 2.03 bits per heavy atom. The Labute approximate surface area is 190 Å². The molecule has 0 bridgehead atoms. The van der Waals surface area contributed by atoms with Gasteiger partial charge in [0, 0.05) is 22.5 Å². The zero-order valence-electron chi connectivity index (χ0n) is 18.8. The molecule has 4 nitrogen and oxygen atoms in total. The van der Waals surface area contributed by atoms with Crippen molar-refractivity contribution in [2.24, 2.45) is 0 Å². The highest BCUT2D eigenvalue weighted by Crippen LogP contribution is 2.35. The predicted molar refractivity (Wildman–Crippen MR) is 131 cm³/mol. The summed E-state index contributed by atoms with van der Waals surface area (Å²) >= 11 is 0. The first kappa shape index (κ1) is 21.8. The summed E-state index contributed by atoms with van der Waals surface area (Å²) in [7, 11) is 0. The summed E-state index contributed by atoms with van der Waals surface area (Å²) in [6, 6.07) is 20.5. The van der Waals surface area contributed by atoms with E-state index in [0.717, 1.165) is 16.8 Å². The summed E-state index contributed by atoms with van der Waals surface area (Å²) in [6.07, 6.45) is 6.46. The standard InChI is InChI=1S/C28H30N2O2/c1-19-16-24(21-10-5-3-6-11-21)17-20(2)26(19)30-28(32)23-14-9-15-25(18-23)29-27(31)22-12-7-4-8-13-22/h4,7-9,12-18,21H,3,5-6,10-11H2,1-2H3,(H,29,31)(H,30,32). The molecule has 2 N–H and O–H groups in total. The van der Waals surface area contributed by atoms with Crippen LogP contribution in [0.1, 0.15) is 75.4 Å². The van der Waals surface area contributed by atoms with Crippen LogP contribution in [0.2, 0.25) is 0 Å². The molecule has 0 saturated heterocycles. The van der Waals surface area contributed by atoms with Gasteiger partial charge in [-0.3, -0.25) is 9.59 Å². The lowest BCUT2D eigenvalue weighted by atomic mass is 9.83. The Morgan fingerprint density at radius 2 is 1.34 bits per heavy atom. The van der Waals surface area contributed by atoms with E-state index in [1.165, 1.54) is 37.7 Å². The van der Waals surface area contributed by atoms with E-state index >= 15 is 0 Å². The molecule has 0 aromatic heterocycles. The molecule has 1 aliphatic rings. The Hall–Kier alpha value is -3.40. The smallest absolute Gasteiger partial charge is 0.255 e. The van der Waals surface area contributed by atoms with E-state index in [2.05, 4.69) is 36.6 Å². The maximum absolute atomic E-state index is 13.0. The van der Waals surface area contributed by atoms with Crippen LogP contribution in [0.4, 0.5) is 11.4 Å². The van der Waals surface area contributed by atoms with Gasteiger partial charge in [0.05, 0.1) is 0 Å². The van der Waals surface area contributed by atoms with Crippen molar-refractivity contribution in [1.29, 1.82) is 0 Å². The van der Waals surface area contributed by atoms with E-state index < -0.39 is 0 Å². The molecule has 4 heteroatoms. The lowest BCUT2D eigenvalue weighted by Crippen LogP contribution is -2.16. The van der Waals surface area contributed by atoms with Gasteiger partial charge in [0.15, 0.2) is 0 Å². The van der Waals surface area contributed by atoms with Gasteiger partial charge in [-0.2, -0.15) is 0 Å². The molecule has 0 spiro atoms. The molecule has 1 saturated carbocycles. The van der Waals surface area contributed by atoms with Gasteiger partial charge in [-0.15, -0.1) is 0 Å². The van der Waals surface area contributed by atoms with Crippen LogP contribution in [0.5, 0.6) is 0 Å². The van der Waals surface area contributed by atoms with E-state index in [4.69, 9.17) is 0 Å². The molecule has 32 heavy (non-hydrogen) atoms. The highest BCUT2D eigenvalue weighted by Gasteiger charge is 2.18. The molecular formula is C28H30N2O2. The number of carbonyl (C=O) groups is 2. The summed E-state index contributed by atoms with van der Waals surface area (Å²) < 4.78 is 0. The first-order valence-electron chi connectivity index (χ1n) is 11.4. The van der Waals surface area contributed by atoms with Crippen LogP contribution in [-0.2, 0) is 0 Å². The number of aryl methyl sites for hydroxylation is 2. The fourth-order valence-corrected chi connectivity index (χ4v) is 4.58. The summed E-state index contributed by atoms with van der Waals surface area (Å²) in [5.74, 6) is 0.251. The molecular weight excluding hydrogens is 396 g/mol. The zero-order chi connectivity index (χ0) is 22.5. The normalized spacial score (nSPS) is 14.1. The molecule has 1 fully saturated rings. The quantitative estimate of drug-likeness (QED) is 0.468. The van der Waals surface area contributed by atoms with Crippen LogP contribution in [-0.4, -0.2) is 11.8 Å². The Morgan fingerprint density at radius 1 is 0.719 bits per heavy atom. The van der Waals surface area contributed by atoms with Crippen molar-refractivity contribution in [3.8, 4) is 0 Å². The number of nitrogens with one attached hydrogen (secondary N) is 2. The fourth-order valence-electron chi connectivity index (χ4n) is 4.58. The van der Waals surface area contributed by atoms with Crippen LogP contribution in [0.15, 0.2) is 66.7 Å². The average Bonchev–Trinajstić information content (AvgIpc) is 2.82.